The molecule has 5 atom stereocenters. The molecule has 2 saturated heterocycles. The van der Waals surface area contributed by atoms with Crippen LogP contribution < -0.4 is 16.6 Å². The van der Waals surface area contributed by atoms with E-state index < -0.39 is 38.4 Å². The predicted octanol–water partition coefficient (Wildman–Crippen LogP) is 0.496. The molecule has 15 heteroatoms. The summed E-state index contributed by atoms with van der Waals surface area (Å²) >= 11 is 1.03. The van der Waals surface area contributed by atoms with E-state index in [2.05, 4.69) is 20.3 Å². The number of amides is 1. The van der Waals surface area contributed by atoms with Crippen molar-refractivity contribution in [2.45, 2.75) is 29.7 Å². The fourth-order valence-corrected chi connectivity index (χ4v) is 5.37. The van der Waals surface area contributed by atoms with Gasteiger partial charge in [0.1, 0.15) is 18.3 Å². The summed E-state index contributed by atoms with van der Waals surface area (Å²) < 4.78 is 29.2. The minimum Gasteiger partial charge on any atom is -0.386 e. The van der Waals surface area contributed by atoms with Gasteiger partial charge in [0.25, 0.3) is 5.56 Å². The van der Waals surface area contributed by atoms with Gasteiger partial charge in [0.05, 0.1) is 12.4 Å². The zero-order valence-electron chi connectivity index (χ0n) is 16.8. The molecule has 0 saturated carbocycles. The Kier molecular flexibility index (Phi) is 5.95. The molecular weight excluding hydrogens is 475 g/mol. The van der Waals surface area contributed by atoms with Crippen LogP contribution in [0.5, 0.6) is 0 Å². The van der Waals surface area contributed by atoms with Crippen molar-refractivity contribution in [1.29, 1.82) is 0 Å². The third-order valence-corrected chi connectivity index (χ3v) is 6.91. The summed E-state index contributed by atoms with van der Waals surface area (Å²) in [7, 11) is -2.75. The molecule has 1 amide bonds. The highest BCUT2D eigenvalue weighted by Gasteiger charge is 2.50. The Balaban J connectivity index is 1.46. The molecule has 2 aliphatic rings. The minimum absolute atomic E-state index is 0.0270. The maximum atomic E-state index is 12.4. The van der Waals surface area contributed by atoms with Gasteiger partial charge in [0, 0.05) is 5.69 Å². The molecule has 0 aliphatic carbocycles. The molecule has 5 rings (SSSR count). The number of carbonyl (C=O) groups excluding carboxylic acids is 1. The van der Waals surface area contributed by atoms with Crippen molar-refractivity contribution in [2.24, 2.45) is 0 Å². The van der Waals surface area contributed by atoms with E-state index in [0.717, 1.165) is 11.8 Å². The van der Waals surface area contributed by atoms with Crippen LogP contribution in [0.2, 0.25) is 0 Å². The number of aromatic nitrogens is 4. The van der Waals surface area contributed by atoms with Crippen LogP contribution >= 0.6 is 20.0 Å². The number of thioether (sulfide) groups is 1. The smallest absolute Gasteiger partial charge is 0.319 e. The lowest BCUT2D eigenvalue weighted by molar-refractivity contribution is -0.113. The van der Waals surface area contributed by atoms with Crippen molar-refractivity contribution in [1.82, 2.24) is 19.5 Å². The first kappa shape index (κ1) is 22.1. The average molecular weight is 494 g/mol. The highest BCUT2D eigenvalue weighted by molar-refractivity contribution is 7.99. The second kappa shape index (κ2) is 8.89. The van der Waals surface area contributed by atoms with Crippen LogP contribution in [-0.2, 0) is 23.1 Å². The Morgan fingerprint density at radius 2 is 2.15 bits per heavy atom. The molecule has 13 nitrogen and oxygen atoms in total. The second-order valence-electron chi connectivity index (χ2n) is 7.29. The summed E-state index contributed by atoms with van der Waals surface area (Å²) in [6.07, 6.45) is -3.94. The van der Waals surface area contributed by atoms with E-state index in [9.17, 15) is 19.3 Å². The van der Waals surface area contributed by atoms with Crippen molar-refractivity contribution in [3.8, 4) is 0 Å². The number of anilines is 2. The fourth-order valence-electron chi connectivity index (χ4n) is 3.67. The van der Waals surface area contributed by atoms with Gasteiger partial charge in [-0.25, -0.2) is 4.98 Å². The lowest BCUT2D eigenvalue weighted by Gasteiger charge is -2.24. The van der Waals surface area contributed by atoms with Gasteiger partial charge < -0.3 is 29.9 Å². The van der Waals surface area contributed by atoms with Crippen LogP contribution in [-0.4, -0.2) is 61.2 Å². The van der Waals surface area contributed by atoms with E-state index >= 15 is 0 Å². The number of aliphatic hydroxyl groups excluding tert-OH is 1. The number of fused-ring (bicyclic) bond motifs is 2. The molecule has 2 fully saturated rings. The first-order valence-corrected chi connectivity index (χ1v) is 12.0. The number of nitrogen functional groups attached to an aromatic ring is 1. The highest BCUT2D eigenvalue weighted by atomic mass is 32.2. The van der Waals surface area contributed by atoms with Crippen LogP contribution in [0.4, 0.5) is 11.6 Å². The van der Waals surface area contributed by atoms with E-state index in [1.165, 1.54) is 4.57 Å². The molecule has 0 spiro atoms. The van der Waals surface area contributed by atoms with Crippen molar-refractivity contribution in [2.75, 3.05) is 23.4 Å². The summed E-state index contributed by atoms with van der Waals surface area (Å²) in [5.41, 5.74) is 5.80. The van der Waals surface area contributed by atoms with E-state index in [0.29, 0.717) is 5.69 Å². The SMILES string of the molecule is Nc1nc2c(nc(SCC(=O)Nc3ccccc3)n2[C@@H]2OC3CO[PH](=O)O[C@H]3C2O)c(=O)[nH]1. The normalized spacial score (nSPS) is 26.9. The van der Waals surface area contributed by atoms with E-state index in [-0.39, 0.29) is 40.5 Å². The van der Waals surface area contributed by atoms with Crippen LogP contribution in [0.15, 0.2) is 40.3 Å². The van der Waals surface area contributed by atoms with Gasteiger partial charge in [0.2, 0.25) is 11.9 Å². The molecule has 2 aromatic heterocycles. The maximum absolute atomic E-state index is 12.4. The minimum atomic E-state index is -2.75. The van der Waals surface area contributed by atoms with Crippen LogP contribution in [0.1, 0.15) is 6.23 Å². The van der Waals surface area contributed by atoms with E-state index in [1.807, 2.05) is 6.07 Å². The summed E-state index contributed by atoms with van der Waals surface area (Å²) in [5, 5.41) is 13.8. The number of hydrogen-bond acceptors (Lipinski definition) is 11. The Morgan fingerprint density at radius 3 is 2.94 bits per heavy atom. The zero-order valence-corrected chi connectivity index (χ0v) is 18.7. The number of nitrogens with two attached hydrogens (primary N) is 1. The van der Waals surface area contributed by atoms with Gasteiger partial charge in [-0.2, -0.15) is 4.98 Å². The van der Waals surface area contributed by atoms with Gasteiger partial charge in [0.15, 0.2) is 22.5 Å². The average Bonchev–Trinajstić information content (AvgIpc) is 3.30. The highest BCUT2D eigenvalue weighted by Crippen LogP contribution is 2.44. The Labute approximate surface area is 190 Å². The molecule has 0 bridgehead atoms. The second-order valence-corrected chi connectivity index (χ2v) is 9.26. The predicted molar refractivity (Wildman–Crippen MR) is 118 cm³/mol. The molecule has 4 heterocycles. The lowest BCUT2D eigenvalue weighted by atomic mass is 10.1. The fraction of sp³-hybridized carbons (Fsp3) is 0.333. The van der Waals surface area contributed by atoms with Crippen LogP contribution in [0.25, 0.3) is 11.2 Å². The number of nitrogens with zero attached hydrogens (tertiary/aromatic N) is 3. The number of hydrogen-bond donors (Lipinski definition) is 4. The molecule has 174 valence electrons. The third kappa shape index (κ3) is 4.28. The number of carbonyl (C=O) groups is 1. The number of imidazole rings is 1. The molecule has 33 heavy (non-hydrogen) atoms. The third-order valence-electron chi connectivity index (χ3n) is 5.09. The van der Waals surface area contributed by atoms with Crippen LogP contribution in [0, 0.1) is 0 Å². The molecule has 5 N–H and O–H groups in total. The van der Waals surface area contributed by atoms with Crippen LogP contribution in [0.3, 0.4) is 0 Å². The Morgan fingerprint density at radius 1 is 1.36 bits per heavy atom. The summed E-state index contributed by atoms with van der Waals surface area (Å²) in [5.74, 6) is -0.501. The molecule has 3 aromatic rings. The topological polar surface area (TPSA) is 184 Å². The number of H-pyrrole nitrogens is 1. The monoisotopic (exact) mass is 494 g/mol. The van der Waals surface area contributed by atoms with Gasteiger partial charge in [-0.1, -0.05) is 30.0 Å². The first-order chi connectivity index (χ1) is 15.9. The van der Waals surface area contributed by atoms with E-state index in [4.69, 9.17) is 19.5 Å². The number of benzene rings is 1. The first-order valence-electron chi connectivity index (χ1n) is 9.83. The van der Waals surface area contributed by atoms with Crippen molar-refractivity contribution >= 4 is 48.7 Å². The molecular formula is C18H19N6O7PS. The quantitative estimate of drug-likeness (QED) is 0.286. The number of nitrogens with one attached hydrogen (secondary N) is 2. The van der Waals surface area contributed by atoms with Gasteiger partial charge in [-0.15, -0.1) is 0 Å². The largest absolute Gasteiger partial charge is 0.386 e. The number of para-hydroxylation sites is 1. The van der Waals surface area contributed by atoms with Gasteiger partial charge >= 0.3 is 8.25 Å². The number of aliphatic hydroxyl groups is 1. The maximum Gasteiger partial charge on any atom is 0.319 e. The van der Waals surface area contributed by atoms with Gasteiger partial charge in [-0.05, 0) is 12.1 Å². The molecule has 0 radical (unpaired) electrons. The molecule has 3 unspecified atom stereocenters. The van der Waals surface area contributed by atoms with Crippen molar-refractivity contribution in [3.05, 3.63) is 40.7 Å². The zero-order chi connectivity index (χ0) is 23.1. The number of ether oxygens (including phenoxy) is 1. The Bertz CT molecular complexity index is 1280. The summed E-state index contributed by atoms with van der Waals surface area (Å²) in [6.45, 7) is -0.0270. The van der Waals surface area contributed by atoms with Gasteiger partial charge in [-0.3, -0.25) is 23.7 Å². The Hall–Kier alpha value is -2.74. The summed E-state index contributed by atoms with van der Waals surface area (Å²) in [4.78, 5) is 35.7. The number of rotatable bonds is 5. The number of aromatic amines is 1. The van der Waals surface area contributed by atoms with E-state index in [1.54, 1.807) is 24.3 Å². The lowest BCUT2D eigenvalue weighted by Crippen LogP contribution is -2.37. The standard InChI is InChI=1S/C18H19N6O7PS/c19-17-22-14-11(15(27)23-17)21-18(33-7-10(25)20-8-4-2-1-3-5-8)24(14)16-12(26)13-9(30-16)6-29-32(28)31-13/h1-5,9,12-13,16,26,32H,6-7H2,(H,20,25)(H3,19,22,23,27)/t9?,12?,13-,16-/m1/s1. The molecule has 2 aliphatic heterocycles. The molecule has 1 aromatic carbocycles. The van der Waals surface area contributed by atoms with Crippen molar-refractivity contribution < 1.29 is 28.3 Å². The summed E-state index contributed by atoms with van der Waals surface area (Å²) in [6, 6.07) is 8.93. The van der Waals surface area contributed by atoms with Crippen molar-refractivity contribution in [3.63, 3.8) is 0 Å².